The predicted molar refractivity (Wildman–Crippen MR) is 70.2 cm³/mol. The summed E-state index contributed by atoms with van der Waals surface area (Å²) in [6, 6.07) is 7.73. The van der Waals surface area contributed by atoms with E-state index in [4.69, 9.17) is 15.2 Å². The van der Waals surface area contributed by atoms with Crippen molar-refractivity contribution in [2.75, 3.05) is 20.3 Å². The van der Waals surface area contributed by atoms with E-state index in [0.717, 1.165) is 24.3 Å². The van der Waals surface area contributed by atoms with Crippen LogP contribution in [0.5, 0.6) is 5.75 Å². The highest BCUT2D eigenvalue weighted by molar-refractivity contribution is 5.30. The average Bonchev–Trinajstić information content (AvgIpc) is 2.34. The highest BCUT2D eigenvalue weighted by Crippen LogP contribution is 2.17. The van der Waals surface area contributed by atoms with Crippen molar-refractivity contribution in [1.29, 1.82) is 0 Å². The fraction of sp³-hybridized carbons (Fsp3) is 0.571. The van der Waals surface area contributed by atoms with E-state index >= 15 is 0 Å². The quantitative estimate of drug-likeness (QED) is 0.742. The van der Waals surface area contributed by atoms with Gasteiger partial charge in [-0.1, -0.05) is 26.0 Å². The molecule has 0 heterocycles. The molecule has 0 saturated heterocycles. The standard InChI is InChI=1S/C14H23NO2/c1-11(2)7-8-17-10-14(15)12-5-4-6-13(9-12)16-3/h4-6,9,11,14H,7-8,10,15H2,1-3H3. The monoisotopic (exact) mass is 237 g/mol. The molecule has 3 heteroatoms. The second-order valence-corrected chi connectivity index (χ2v) is 4.64. The fourth-order valence-corrected chi connectivity index (χ4v) is 1.50. The van der Waals surface area contributed by atoms with Gasteiger partial charge in [-0.2, -0.15) is 0 Å². The van der Waals surface area contributed by atoms with Crippen LogP contribution in [0.3, 0.4) is 0 Å². The molecule has 0 aliphatic carbocycles. The molecular formula is C14H23NO2. The van der Waals surface area contributed by atoms with Gasteiger partial charge in [0, 0.05) is 6.61 Å². The van der Waals surface area contributed by atoms with Crippen LogP contribution in [0.15, 0.2) is 24.3 Å². The van der Waals surface area contributed by atoms with Crippen molar-refractivity contribution in [3.05, 3.63) is 29.8 Å². The van der Waals surface area contributed by atoms with Gasteiger partial charge in [0.2, 0.25) is 0 Å². The van der Waals surface area contributed by atoms with Crippen molar-refractivity contribution in [1.82, 2.24) is 0 Å². The largest absolute Gasteiger partial charge is 0.497 e. The smallest absolute Gasteiger partial charge is 0.119 e. The van der Waals surface area contributed by atoms with Gasteiger partial charge in [-0.15, -0.1) is 0 Å². The number of rotatable bonds is 7. The maximum Gasteiger partial charge on any atom is 0.119 e. The molecule has 2 N–H and O–H groups in total. The van der Waals surface area contributed by atoms with Crippen molar-refractivity contribution in [3.8, 4) is 5.75 Å². The number of benzene rings is 1. The number of hydrogen-bond donors (Lipinski definition) is 1. The molecule has 1 rings (SSSR count). The van der Waals surface area contributed by atoms with Crippen LogP contribution in [0.2, 0.25) is 0 Å². The number of hydrogen-bond acceptors (Lipinski definition) is 3. The van der Waals surface area contributed by atoms with Gasteiger partial charge < -0.3 is 15.2 Å². The van der Waals surface area contributed by atoms with Crippen molar-refractivity contribution in [2.45, 2.75) is 26.3 Å². The van der Waals surface area contributed by atoms with Crippen LogP contribution in [0, 0.1) is 5.92 Å². The van der Waals surface area contributed by atoms with Gasteiger partial charge in [0.05, 0.1) is 19.8 Å². The molecule has 1 aromatic carbocycles. The Hall–Kier alpha value is -1.06. The molecule has 0 fully saturated rings. The molecule has 1 unspecified atom stereocenters. The lowest BCUT2D eigenvalue weighted by atomic mass is 10.1. The molecule has 0 bridgehead atoms. The van der Waals surface area contributed by atoms with Gasteiger partial charge in [0.15, 0.2) is 0 Å². The third-order valence-electron chi connectivity index (χ3n) is 2.66. The fourth-order valence-electron chi connectivity index (χ4n) is 1.50. The van der Waals surface area contributed by atoms with Gasteiger partial charge in [-0.05, 0) is 30.0 Å². The molecule has 96 valence electrons. The first-order valence-electron chi connectivity index (χ1n) is 6.10. The van der Waals surface area contributed by atoms with Crippen LogP contribution in [-0.2, 0) is 4.74 Å². The summed E-state index contributed by atoms with van der Waals surface area (Å²) in [6.45, 7) is 5.70. The summed E-state index contributed by atoms with van der Waals surface area (Å²) in [5, 5.41) is 0. The van der Waals surface area contributed by atoms with Gasteiger partial charge >= 0.3 is 0 Å². The summed E-state index contributed by atoms with van der Waals surface area (Å²) in [7, 11) is 1.66. The van der Waals surface area contributed by atoms with E-state index in [1.807, 2.05) is 24.3 Å². The van der Waals surface area contributed by atoms with Crippen molar-refractivity contribution in [3.63, 3.8) is 0 Å². The van der Waals surface area contributed by atoms with E-state index in [1.165, 1.54) is 0 Å². The molecule has 0 aromatic heterocycles. The van der Waals surface area contributed by atoms with E-state index in [-0.39, 0.29) is 6.04 Å². The van der Waals surface area contributed by atoms with Crippen LogP contribution in [0.25, 0.3) is 0 Å². The van der Waals surface area contributed by atoms with Gasteiger partial charge in [-0.25, -0.2) is 0 Å². The molecule has 17 heavy (non-hydrogen) atoms. The molecule has 0 aliphatic heterocycles. The summed E-state index contributed by atoms with van der Waals surface area (Å²) in [4.78, 5) is 0. The Balaban J connectivity index is 2.38. The molecule has 0 radical (unpaired) electrons. The molecule has 0 amide bonds. The number of ether oxygens (including phenoxy) is 2. The highest BCUT2D eigenvalue weighted by atomic mass is 16.5. The Morgan fingerprint density at radius 1 is 1.29 bits per heavy atom. The Bertz CT molecular complexity index is 326. The Morgan fingerprint density at radius 3 is 2.71 bits per heavy atom. The van der Waals surface area contributed by atoms with E-state index in [9.17, 15) is 0 Å². The molecule has 3 nitrogen and oxygen atoms in total. The minimum Gasteiger partial charge on any atom is -0.497 e. The Labute approximate surface area is 104 Å². The lowest BCUT2D eigenvalue weighted by Gasteiger charge is -2.14. The SMILES string of the molecule is COc1cccc(C(N)COCCC(C)C)c1. The first-order valence-corrected chi connectivity index (χ1v) is 6.10. The van der Waals surface area contributed by atoms with Crippen molar-refractivity contribution >= 4 is 0 Å². The zero-order chi connectivity index (χ0) is 12.7. The lowest BCUT2D eigenvalue weighted by molar-refractivity contribution is 0.111. The Kier molecular flexibility index (Phi) is 6.01. The van der Waals surface area contributed by atoms with E-state index < -0.39 is 0 Å². The van der Waals surface area contributed by atoms with Crippen LogP contribution >= 0.6 is 0 Å². The molecule has 0 saturated carbocycles. The second kappa shape index (κ2) is 7.30. The molecule has 1 atom stereocenters. The van der Waals surface area contributed by atoms with E-state index in [1.54, 1.807) is 7.11 Å². The highest BCUT2D eigenvalue weighted by Gasteiger charge is 2.07. The Morgan fingerprint density at radius 2 is 2.06 bits per heavy atom. The van der Waals surface area contributed by atoms with E-state index in [2.05, 4.69) is 13.8 Å². The van der Waals surface area contributed by atoms with E-state index in [0.29, 0.717) is 12.5 Å². The van der Waals surface area contributed by atoms with Gasteiger partial charge in [0.25, 0.3) is 0 Å². The first kappa shape index (κ1) is 14.0. The maximum atomic E-state index is 6.05. The van der Waals surface area contributed by atoms with Crippen LogP contribution < -0.4 is 10.5 Å². The molecular weight excluding hydrogens is 214 g/mol. The third kappa shape index (κ3) is 5.20. The third-order valence-corrected chi connectivity index (χ3v) is 2.66. The summed E-state index contributed by atoms with van der Waals surface area (Å²) in [5.41, 5.74) is 7.10. The molecule has 1 aromatic rings. The minimum atomic E-state index is -0.0859. The topological polar surface area (TPSA) is 44.5 Å². The molecule has 0 aliphatic rings. The van der Waals surface area contributed by atoms with Gasteiger partial charge in [-0.3, -0.25) is 0 Å². The van der Waals surface area contributed by atoms with Crippen LogP contribution in [0.1, 0.15) is 31.9 Å². The van der Waals surface area contributed by atoms with Crippen molar-refractivity contribution < 1.29 is 9.47 Å². The van der Waals surface area contributed by atoms with Crippen molar-refractivity contribution in [2.24, 2.45) is 11.7 Å². The lowest BCUT2D eigenvalue weighted by Crippen LogP contribution is -2.17. The summed E-state index contributed by atoms with van der Waals surface area (Å²) in [6.07, 6.45) is 1.07. The first-order chi connectivity index (χ1) is 8.13. The average molecular weight is 237 g/mol. The minimum absolute atomic E-state index is 0.0859. The number of methoxy groups -OCH3 is 1. The zero-order valence-corrected chi connectivity index (χ0v) is 11.0. The van der Waals surface area contributed by atoms with Gasteiger partial charge in [0.1, 0.15) is 5.75 Å². The second-order valence-electron chi connectivity index (χ2n) is 4.64. The normalized spacial score (nSPS) is 12.8. The van der Waals surface area contributed by atoms with Crippen LogP contribution in [0.4, 0.5) is 0 Å². The maximum absolute atomic E-state index is 6.05. The summed E-state index contributed by atoms with van der Waals surface area (Å²) < 4.78 is 10.7. The predicted octanol–water partition coefficient (Wildman–Crippen LogP) is 2.76. The zero-order valence-electron chi connectivity index (χ0n) is 11.0. The molecule has 0 spiro atoms. The summed E-state index contributed by atoms with van der Waals surface area (Å²) in [5.74, 6) is 1.50. The van der Waals surface area contributed by atoms with Crippen LogP contribution in [-0.4, -0.2) is 20.3 Å². The number of nitrogens with two attached hydrogens (primary N) is 1. The summed E-state index contributed by atoms with van der Waals surface area (Å²) >= 11 is 0.